The Morgan fingerprint density at radius 2 is 0.910 bits per heavy atom. The van der Waals surface area contributed by atoms with Crippen molar-refractivity contribution in [2.45, 2.75) is 46.0 Å². The zero-order valence-electron chi connectivity index (χ0n) is 38.7. The molecule has 0 N–H and O–H groups in total. The molecule has 0 aliphatic heterocycles. The monoisotopic (exact) mass is 864 g/mol. The normalized spacial score (nSPS) is 12.1. The molecule has 12 aromatic rings. The molecule has 0 atom stereocenters. The molecule has 9 aromatic carbocycles. The fraction of sp³-hybridized carbons (Fsp3) is 0.111. The minimum absolute atomic E-state index is 0.0837. The summed E-state index contributed by atoms with van der Waals surface area (Å²) in [5.41, 5.74) is 17.7. The second kappa shape index (κ2) is 15.8. The number of hydrogen-bond acceptors (Lipinski definition) is 1. The zero-order valence-corrected chi connectivity index (χ0v) is 38.7. The van der Waals surface area contributed by atoms with Crippen LogP contribution in [0, 0.1) is 0 Å². The highest BCUT2D eigenvalue weighted by molar-refractivity contribution is 6.19. The molecule has 0 saturated heterocycles. The largest absolute Gasteiger partial charge is 0.310 e. The van der Waals surface area contributed by atoms with Crippen molar-refractivity contribution < 1.29 is 0 Å². The van der Waals surface area contributed by atoms with Gasteiger partial charge in [-0.05, 0) is 125 Å². The predicted molar refractivity (Wildman–Crippen MR) is 285 cm³/mol. The van der Waals surface area contributed by atoms with Gasteiger partial charge in [0, 0.05) is 61.1 Å². The molecule has 0 fully saturated rings. The summed E-state index contributed by atoms with van der Waals surface area (Å²) >= 11 is 0. The quantitative estimate of drug-likeness (QED) is 0.149. The summed E-state index contributed by atoms with van der Waals surface area (Å²) in [4.78, 5) is 2.41. The summed E-state index contributed by atoms with van der Waals surface area (Å²) in [7, 11) is 0. The van der Waals surface area contributed by atoms with Crippen molar-refractivity contribution in [1.29, 1.82) is 0 Å². The Hall–Kier alpha value is -8.08. The van der Waals surface area contributed by atoms with Crippen LogP contribution in [0.3, 0.4) is 0 Å². The van der Waals surface area contributed by atoms with Crippen LogP contribution in [0.2, 0.25) is 0 Å². The van der Waals surface area contributed by atoms with Crippen LogP contribution in [0.1, 0.15) is 51.7 Å². The summed E-state index contributed by atoms with van der Waals surface area (Å²) in [6.07, 6.45) is 0. The van der Waals surface area contributed by atoms with Crippen molar-refractivity contribution in [3.05, 3.63) is 230 Å². The summed E-state index contributed by atoms with van der Waals surface area (Å²) < 4.78 is 7.34. The predicted octanol–water partition coefficient (Wildman–Crippen LogP) is 17.4. The van der Waals surface area contributed by atoms with E-state index in [-0.39, 0.29) is 5.41 Å². The summed E-state index contributed by atoms with van der Waals surface area (Å²) in [5, 5.41) is 6.12. The van der Waals surface area contributed by atoms with Crippen LogP contribution in [0.5, 0.6) is 0 Å². The van der Waals surface area contributed by atoms with Gasteiger partial charge in [0.15, 0.2) is 0 Å². The lowest BCUT2D eigenvalue weighted by Gasteiger charge is -2.26. The molecule has 0 amide bonds. The number of anilines is 3. The molecule has 3 aromatic heterocycles. The van der Waals surface area contributed by atoms with E-state index in [0.29, 0.717) is 5.92 Å². The van der Waals surface area contributed by atoms with E-state index in [0.717, 1.165) is 28.4 Å². The Labute approximate surface area is 392 Å². The fourth-order valence-electron chi connectivity index (χ4n) is 10.4. The molecule has 67 heavy (non-hydrogen) atoms. The van der Waals surface area contributed by atoms with E-state index in [4.69, 9.17) is 0 Å². The average Bonchev–Trinajstić information content (AvgIpc) is 4.03. The Kier molecular flexibility index (Phi) is 9.55. The number of hydrogen-bond donors (Lipinski definition) is 0. The molecular weight excluding hydrogens is 813 g/mol. The van der Waals surface area contributed by atoms with Gasteiger partial charge < -0.3 is 18.6 Å². The number of fused-ring (bicyclic) bond motifs is 8. The maximum absolute atomic E-state index is 2.47. The first kappa shape index (κ1) is 40.4. The molecular formula is C63H52N4. The van der Waals surface area contributed by atoms with Crippen molar-refractivity contribution in [3.63, 3.8) is 0 Å². The average molecular weight is 865 g/mol. The number of para-hydroxylation sites is 3. The molecule has 0 bridgehead atoms. The zero-order chi connectivity index (χ0) is 45.4. The van der Waals surface area contributed by atoms with Crippen LogP contribution in [-0.2, 0) is 5.41 Å². The van der Waals surface area contributed by atoms with Crippen molar-refractivity contribution in [2.75, 3.05) is 4.90 Å². The molecule has 0 aliphatic rings. The molecule has 324 valence electrons. The van der Waals surface area contributed by atoms with Gasteiger partial charge in [-0.15, -0.1) is 0 Å². The molecule has 4 nitrogen and oxygen atoms in total. The summed E-state index contributed by atoms with van der Waals surface area (Å²) in [6.45, 7) is 11.3. The van der Waals surface area contributed by atoms with Crippen LogP contribution < -0.4 is 4.90 Å². The third-order valence-electron chi connectivity index (χ3n) is 13.8. The van der Waals surface area contributed by atoms with Crippen molar-refractivity contribution in [3.8, 4) is 28.3 Å². The minimum Gasteiger partial charge on any atom is -0.310 e. The van der Waals surface area contributed by atoms with Gasteiger partial charge in [-0.1, -0.05) is 156 Å². The van der Waals surface area contributed by atoms with E-state index < -0.39 is 0 Å². The first-order valence-electron chi connectivity index (χ1n) is 23.5. The van der Waals surface area contributed by atoms with E-state index in [9.17, 15) is 0 Å². The van der Waals surface area contributed by atoms with Crippen LogP contribution in [0.4, 0.5) is 17.1 Å². The second-order valence-corrected chi connectivity index (χ2v) is 19.3. The molecule has 0 unspecified atom stereocenters. The van der Waals surface area contributed by atoms with E-state index in [1.165, 1.54) is 82.6 Å². The highest BCUT2D eigenvalue weighted by Gasteiger charge is 2.23. The maximum atomic E-state index is 2.47. The SMILES string of the molecule is CC(C)c1ccc(N(c2ccc(-n3c4ccccc4c4ccc5cc(-c6ccccc6)n(-c6ccccc6)c5c43)cc2)c2ccc3c(c2)c2ccccc2n3-c2ccc(C(C)(C)C)cc2)cc1. The van der Waals surface area contributed by atoms with Gasteiger partial charge in [0.2, 0.25) is 0 Å². The van der Waals surface area contributed by atoms with Crippen LogP contribution >= 0.6 is 0 Å². The third-order valence-corrected chi connectivity index (χ3v) is 13.8. The first-order valence-corrected chi connectivity index (χ1v) is 23.5. The maximum Gasteiger partial charge on any atom is 0.0788 e. The van der Waals surface area contributed by atoms with Gasteiger partial charge in [-0.3, -0.25) is 0 Å². The Bertz CT molecular complexity index is 3770. The minimum atomic E-state index is 0.0837. The molecule has 0 aliphatic carbocycles. The number of aromatic nitrogens is 3. The molecule has 0 saturated carbocycles. The van der Waals surface area contributed by atoms with E-state index >= 15 is 0 Å². The van der Waals surface area contributed by atoms with Gasteiger partial charge in [-0.25, -0.2) is 0 Å². The summed E-state index contributed by atoms with van der Waals surface area (Å²) in [5.74, 6) is 0.436. The number of rotatable bonds is 8. The Balaban J connectivity index is 1.04. The fourth-order valence-corrected chi connectivity index (χ4v) is 10.4. The highest BCUT2D eigenvalue weighted by atomic mass is 15.1. The smallest absolute Gasteiger partial charge is 0.0788 e. The standard InChI is InChI=1S/C63H52N4/c1-42(2)43-24-29-48(30-25-43)64(52-37-39-59-56(41-52)54-21-13-14-22-57(54)65(59)50-31-27-46(28-32-50)63(3,4)5)49-33-35-51(36-34-49)66-58-23-15-12-20-53(58)55-38-26-45-40-60(44-16-8-6-9-17-44)67(61(45)62(55)66)47-18-10-7-11-19-47/h6-42H,1-5H3. The Morgan fingerprint density at radius 1 is 0.388 bits per heavy atom. The third kappa shape index (κ3) is 6.74. The van der Waals surface area contributed by atoms with Crippen LogP contribution in [0.15, 0.2) is 218 Å². The van der Waals surface area contributed by atoms with E-state index in [1.54, 1.807) is 0 Å². The van der Waals surface area contributed by atoms with E-state index in [1.807, 2.05) is 0 Å². The number of benzene rings is 9. The lowest BCUT2D eigenvalue weighted by Crippen LogP contribution is -2.11. The molecule has 0 radical (unpaired) electrons. The van der Waals surface area contributed by atoms with Crippen molar-refractivity contribution in [1.82, 2.24) is 13.7 Å². The molecule has 4 heteroatoms. The lowest BCUT2D eigenvalue weighted by atomic mass is 9.87. The van der Waals surface area contributed by atoms with E-state index in [2.05, 4.69) is 272 Å². The van der Waals surface area contributed by atoms with Gasteiger partial charge >= 0.3 is 0 Å². The van der Waals surface area contributed by atoms with Crippen molar-refractivity contribution >= 4 is 71.6 Å². The second-order valence-electron chi connectivity index (χ2n) is 19.3. The van der Waals surface area contributed by atoms with Gasteiger partial charge in [0.25, 0.3) is 0 Å². The van der Waals surface area contributed by atoms with Crippen molar-refractivity contribution in [2.24, 2.45) is 0 Å². The summed E-state index contributed by atoms with van der Waals surface area (Å²) in [6, 6.07) is 80.5. The lowest BCUT2D eigenvalue weighted by molar-refractivity contribution is 0.590. The first-order chi connectivity index (χ1) is 32.7. The van der Waals surface area contributed by atoms with Crippen LogP contribution in [-0.4, -0.2) is 13.7 Å². The molecule has 0 spiro atoms. The highest BCUT2D eigenvalue weighted by Crippen LogP contribution is 2.44. The van der Waals surface area contributed by atoms with Gasteiger partial charge in [-0.2, -0.15) is 0 Å². The van der Waals surface area contributed by atoms with Gasteiger partial charge in [0.1, 0.15) is 0 Å². The van der Waals surface area contributed by atoms with Crippen LogP contribution in [0.25, 0.3) is 82.8 Å². The topological polar surface area (TPSA) is 18.0 Å². The van der Waals surface area contributed by atoms with Gasteiger partial charge in [0.05, 0.1) is 33.3 Å². The molecule has 12 rings (SSSR count). The number of nitrogens with zero attached hydrogens (tertiary/aromatic N) is 4. The molecule has 3 heterocycles. The Morgan fingerprint density at radius 3 is 1.57 bits per heavy atom.